The largest absolute Gasteiger partial charge is 0.456 e. The van der Waals surface area contributed by atoms with Gasteiger partial charge >= 0.3 is 5.97 Å². The standard InChI is InChI=1S/C19H30O2/c1-5-6-7-8-9-10-11-16-12-14-17(15-13-16)18(20)21-19(2,3)4/h12-15H,5-11H2,1-4H3. The van der Waals surface area contributed by atoms with Gasteiger partial charge in [0.25, 0.3) is 0 Å². The molecule has 0 aliphatic heterocycles. The lowest BCUT2D eigenvalue weighted by Gasteiger charge is -2.19. The van der Waals surface area contributed by atoms with E-state index in [2.05, 4.69) is 6.92 Å². The lowest BCUT2D eigenvalue weighted by molar-refractivity contribution is 0.00695. The van der Waals surface area contributed by atoms with Crippen molar-refractivity contribution in [1.29, 1.82) is 0 Å². The summed E-state index contributed by atoms with van der Waals surface area (Å²) in [6, 6.07) is 7.84. The number of rotatable bonds is 8. The summed E-state index contributed by atoms with van der Waals surface area (Å²) < 4.78 is 5.36. The number of carbonyl (C=O) groups is 1. The van der Waals surface area contributed by atoms with Crippen LogP contribution < -0.4 is 0 Å². The molecule has 2 heteroatoms. The Hall–Kier alpha value is -1.31. The molecule has 1 rings (SSSR count). The maximum absolute atomic E-state index is 11.9. The van der Waals surface area contributed by atoms with Gasteiger partial charge in [-0.3, -0.25) is 0 Å². The molecule has 0 unspecified atom stereocenters. The highest BCUT2D eigenvalue weighted by molar-refractivity contribution is 5.89. The van der Waals surface area contributed by atoms with Crippen molar-refractivity contribution in [3.8, 4) is 0 Å². The highest BCUT2D eigenvalue weighted by atomic mass is 16.6. The molecule has 0 saturated heterocycles. The van der Waals surface area contributed by atoms with Crippen molar-refractivity contribution < 1.29 is 9.53 Å². The predicted molar refractivity (Wildman–Crippen MR) is 88.7 cm³/mol. The van der Waals surface area contributed by atoms with Gasteiger partial charge in [0.2, 0.25) is 0 Å². The Morgan fingerprint density at radius 2 is 1.52 bits per heavy atom. The normalized spacial score (nSPS) is 11.4. The van der Waals surface area contributed by atoms with Crippen LogP contribution in [0.1, 0.15) is 82.1 Å². The van der Waals surface area contributed by atoms with Gasteiger partial charge in [0.1, 0.15) is 5.60 Å². The minimum Gasteiger partial charge on any atom is -0.456 e. The molecule has 2 nitrogen and oxygen atoms in total. The Labute approximate surface area is 129 Å². The highest BCUT2D eigenvalue weighted by Crippen LogP contribution is 2.14. The van der Waals surface area contributed by atoms with Crippen molar-refractivity contribution in [2.45, 2.75) is 78.2 Å². The lowest BCUT2D eigenvalue weighted by Crippen LogP contribution is -2.23. The summed E-state index contributed by atoms with van der Waals surface area (Å²) in [6.45, 7) is 7.90. The minimum absolute atomic E-state index is 0.242. The third-order valence-electron chi connectivity index (χ3n) is 3.41. The summed E-state index contributed by atoms with van der Waals surface area (Å²) in [5.41, 5.74) is 1.50. The summed E-state index contributed by atoms with van der Waals surface area (Å²) in [6.07, 6.45) is 8.97. The van der Waals surface area contributed by atoms with Crippen molar-refractivity contribution in [2.75, 3.05) is 0 Å². The van der Waals surface area contributed by atoms with Gasteiger partial charge in [-0.1, -0.05) is 51.2 Å². The smallest absolute Gasteiger partial charge is 0.338 e. The van der Waals surface area contributed by atoms with Crippen molar-refractivity contribution in [2.24, 2.45) is 0 Å². The van der Waals surface area contributed by atoms with E-state index in [9.17, 15) is 4.79 Å². The molecular weight excluding hydrogens is 260 g/mol. The van der Waals surface area contributed by atoms with Crippen molar-refractivity contribution in [3.05, 3.63) is 35.4 Å². The van der Waals surface area contributed by atoms with Gasteiger partial charge in [0, 0.05) is 0 Å². The molecule has 0 heterocycles. The second-order valence-corrected chi connectivity index (χ2v) is 6.72. The van der Waals surface area contributed by atoms with E-state index < -0.39 is 5.60 Å². The topological polar surface area (TPSA) is 26.3 Å². The third kappa shape index (κ3) is 7.89. The van der Waals surface area contributed by atoms with Gasteiger partial charge in [0.15, 0.2) is 0 Å². The monoisotopic (exact) mass is 290 g/mol. The Kier molecular flexibility index (Phi) is 7.49. The van der Waals surface area contributed by atoms with Crippen LogP contribution >= 0.6 is 0 Å². The van der Waals surface area contributed by atoms with Crippen LogP contribution in [0.25, 0.3) is 0 Å². The van der Waals surface area contributed by atoms with Crippen molar-refractivity contribution >= 4 is 5.97 Å². The highest BCUT2D eigenvalue weighted by Gasteiger charge is 2.17. The van der Waals surface area contributed by atoms with Crippen molar-refractivity contribution in [3.63, 3.8) is 0 Å². The van der Waals surface area contributed by atoms with Gasteiger partial charge in [0.05, 0.1) is 5.56 Å². The summed E-state index contributed by atoms with van der Waals surface area (Å²) in [5.74, 6) is -0.242. The first kappa shape index (κ1) is 17.7. The van der Waals surface area contributed by atoms with E-state index in [1.165, 1.54) is 44.1 Å². The Bertz CT molecular complexity index is 412. The van der Waals surface area contributed by atoms with Crippen LogP contribution in [0.2, 0.25) is 0 Å². The summed E-state index contributed by atoms with van der Waals surface area (Å²) in [4.78, 5) is 11.9. The molecule has 0 spiro atoms. The maximum Gasteiger partial charge on any atom is 0.338 e. The zero-order valence-corrected chi connectivity index (χ0v) is 14.1. The van der Waals surface area contributed by atoms with Crippen molar-refractivity contribution in [1.82, 2.24) is 0 Å². The average Bonchev–Trinajstić information content (AvgIpc) is 2.41. The van der Waals surface area contributed by atoms with E-state index in [0.717, 1.165) is 6.42 Å². The third-order valence-corrected chi connectivity index (χ3v) is 3.41. The van der Waals surface area contributed by atoms with E-state index in [1.54, 1.807) is 0 Å². The van der Waals surface area contributed by atoms with E-state index >= 15 is 0 Å². The number of hydrogen-bond donors (Lipinski definition) is 0. The Morgan fingerprint density at radius 3 is 2.10 bits per heavy atom. The zero-order chi connectivity index (χ0) is 15.7. The molecule has 0 bridgehead atoms. The molecule has 1 aromatic rings. The summed E-state index contributed by atoms with van der Waals surface area (Å²) in [5, 5.41) is 0. The second-order valence-electron chi connectivity index (χ2n) is 6.72. The number of ether oxygens (including phenoxy) is 1. The van der Waals surface area contributed by atoms with Gasteiger partial charge in [-0.15, -0.1) is 0 Å². The number of aryl methyl sites for hydroxylation is 1. The van der Waals surface area contributed by atoms with Crippen LogP contribution in [0, 0.1) is 0 Å². The predicted octanol–water partition coefficient (Wildman–Crippen LogP) is 5.54. The molecule has 0 atom stereocenters. The maximum atomic E-state index is 11.9. The van der Waals surface area contributed by atoms with E-state index in [1.807, 2.05) is 45.0 Å². The first-order valence-corrected chi connectivity index (χ1v) is 8.24. The number of unbranched alkanes of at least 4 members (excludes halogenated alkanes) is 5. The van der Waals surface area contributed by atoms with E-state index in [4.69, 9.17) is 4.74 Å². The average molecular weight is 290 g/mol. The van der Waals surface area contributed by atoms with Crippen LogP contribution in [0.3, 0.4) is 0 Å². The first-order valence-electron chi connectivity index (χ1n) is 8.24. The zero-order valence-electron chi connectivity index (χ0n) is 14.1. The second kappa shape index (κ2) is 8.86. The summed E-state index contributed by atoms with van der Waals surface area (Å²) >= 11 is 0. The van der Waals surface area contributed by atoms with Gasteiger partial charge in [-0.05, 0) is 51.3 Å². The van der Waals surface area contributed by atoms with Crippen LogP contribution in [-0.2, 0) is 11.2 Å². The molecule has 0 aliphatic carbocycles. The van der Waals surface area contributed by atoms with Gasteiger partial charge in [-0.2, -0.15) is 0 Å². The molecule has 1 aromatic carbocycles. The first-order chi connectivity index (χ1) is 9.92. The fraction of sp³-hybridized carbons (Fsp3) is 0.632. The quantitative estimate of drug-likeness (QED) is 0.464. The molecule has 0 fully saturated rings. The molecule has 0 radical (unpaired) electrons. The number of esters is 1. The number of hydrogen-bond acceptors (Lipinski definition) is 2. The number of benzene rings is 1. The van der Waals surface area contributed by atoms with Gasteiger partial charge < -0.3 is 4.74 Å². The molecule has 0 N–H and O–H groups in total. The van der Waals surface area contributed by atoms with E-state index in [0.29, 0.717) is 5.56 Å². The Balaban J connectivity index is 2.35. The molecule has 118 valence electrons. The van der Waals surface area contributed by atoms with Gasteiger partial charge in [-0.25, -0.2) is 4.79 Å². The lowest BCUT2D eigenvalue weighted by atomic mass is 10.0. The molecule has 21 heavy (non-hydrogen) atoms. The van der Waals surface area contributed by atoms with Crippen LogP contribution in [0.5, 0.6) is 0 Å². The van der Waals surface area contributed by atoms with E-state index in [-0.39, 0.29) is 5.97 Å². The SMILES string of the molecule is CCCCCCCCc1ccc(C(=O)OC(C)(C)C)cc1. The summed E-state index contributed by atoms with van der Waals surface area (Å²) in [7, 11) is 0. The Morgan fingerprint density at radius 1 is 0.952 bits per heavy atom. The van der Waals surface area contributed by atoms with Crippen LogP contribution in [-0.4, -0.2) is 11.6 Å². The fourth-order valence-electron chi connectivity index (χ4n) is 2.25. The minimum atomic E-state index is -0.436. The fourth-order valence-corrected chi connectivity index (χ4v) is 2.25. The van der Waals surface area contributed by atoms with Crippen LogP contribution in [0.15, 0.2) is 24.3 Å². The molecule has 0 amide bonds. The molecule has 0 aliphatic rings. The molecular formula is C19H30O2. The number of carbonyl (C=O) groups excluding carboxylic acids is 1. The molecule has 0 aromatic heterocycles. The molecule has 0 saturated carbocycles. The van der Waals surface area contributed by atoms with Crippen LogP contribution in [0.4, 0.5) is 0 Å².